The Hall–Kier alpha value is -1.92. The molecular weight excluding hydrogens is 358 g/mol. The second-order valence-electron chi connectivity index (χ2n) is 4.78. The molecule has 130 valence electrons. The predicted molar refractivity (Wildman–Crippen MR) is 91.0 cm³/mol. The van der Waals surface area contributed by atoms with Gasteiger partial charge < -0.3 is 9.84 Å². The lowest BCUT2D eigenvalue weighted by Crippen LogP contribution is -2.13. The first kappa shape index (κ1) is 20.1. The summed E-state index contributed by atoms with van der Waals surface area (Å²) in [5.74, 6) is -1.72. The third-order valence-corrected chi connectivity index (χ3v) is 3.60. The Labute approximate surface area is 150 Å². The maximum absolute atomic E-state index is 13.2. The lowest BCUT2D eigenvalue weighted by Gasteiger charge is -2.14. The monoisotopic (exact) mass is 374 g/mol. The molecule has 0 spiro atoms. The zero-order valence-electron chi connectivity index (χ0n) is 13.2. The van der Waals surface area contributed by atoms with Crippen LogP contribution in [0.25, 0.3) is 0 Å². The highest BCUT2D eigenvalue weighted by Crippen LogP contribution is 2.27. The van der Waals surface area contributed by atoms with Gasteiger partial charge in [0.25, 0.3) is 0 Å². The molecule has 1 heterocycles. The van der Waals surface area contributed by atoms with Crippen molar-refractivity contribution in [1.82, 2.24) is 9.97 Å². The molecule has 0 aliphatic heterocycles. The number of carboxylic acids is 1. The second-order valence-corrected chi connectivity index (χ2v) is 5.19. The van der Waals surface area contributed by atoms with Crippen LogP contribution in [0.5, 0.6) is 5.88 Å². The summed E-state index contributed by atoms with van der Waals surface area (Å²) in [5.41, 5.74) is 1.92. The summed E-state index contributed by atoms with van der Waals surface area (Å²) in [7, 11) is 0. The summed E-state index contributed by atoms with van der Waals surface area (Å²) in [6.45, 7) is 3.98. The number of rotatable bonds is 6. The van der Waals surface area contributed by atoms with Crippen LogP contribution in [-0.4, -0.2) is 27.7 Å². The molecule has 0 radical (unpaired) electrons. The number of benzene rings is 1. The van der Waals surface area contributed by atoms with E-state index in [2.05, 4.69) is 9.97 Å². The lowest BCUT2D eigenvalue weighted by atomic mass is 10.0. The summed E-state index contributed by atoms with van der Waals surface area (Å²) < 4.78 is 18.6. The average molecular weight is 375 g/mol. The molecule has 0 amide bonds. The van der Waals surface area contributed by atoms with Gasteiger partial charge in [0.1, 0.15) is 5.82 Å². The molecule has 0 fully saturated rings. The number of aromatic nitrogens is 2. The van der Waals surface area contributed by atoms with E-state index in [-0.39, 0.29) is 29.1 Å². The van der Waals surface area contributed by atoms with E-state index in [4.69, 9.17) is 21.4 Å². The molecule has 1 aromatic heterocycles. The Morgan fingerprint density at radius 3 is 2.58 bits per heavy atom. The molecule has 2 aromatic rings. The van der Waals surface area contributed by atoms with Gasteiger partial charge in [0.2, 0.25) is 11.7 Å². The number of aromatic carboxylic acids is 1. The maximum atomic E-state index is 13.2. The summed E-state index contributed by atoms with van der Waals surface area (Å²) in [5, 5.41) is 9.40. The summed E-state index contributed by atoms with van der Waals surface area (Å²) >= 11 is 6.07. The van der Waals surface area contributed by atoms with Crippen LogP contribution < -0.4 is 4.74 Å². The van der Waals surface area contributed by atoms with Crippen molar-refractivity contribution in [2.24, 2.45) is 0 Å². The largest absolute Gasteiger partial charge is 0.478 e. The SMILES string of the molecule is CCOc1nc(C(=O)O)nc(CC)c1Cc1ccc(F)cc1Cl.Cl. The van der Waals surface area contributed by atoms with Crippen molar-refractivity contribution >= 4 is 30.0 Å². The summed E-state index contributed by atoms with van der Waals surface area (Å²) in [4.78, 5) is 19.2. The first-order valence-electron chi connectivity index (χ1n) is 7.16. The van der Waals surface area contributed by atoms with Crippen LogP contribution >= 0.6 is 24.0 Å². The van der Waals surface area contributed by atoms with E-state index in [1.807, 2.05) is 6.92 Å². The van der Waals surface area contributed by atoms with E-state index in [9.17, 15) is 9.18 Å². The van der Waals surface area contributed by atoms with Gasteiger partial charge in [-0.15, -0.1) is 12.4 Å². The van der Waals surface area contributed by atoms with Crippen molar-refractivity contribution in [3.63, 3.8) is 0 Å². The fraction of sp³-hybridized carbons (Fsp3) is 0.312. The van der Waals surface area contributed by atoms with Crippen LogP contribution in [0.15, 0.2) is 18.2 Å². The van der Waals surface area contributed by atoms with E-state index >= 15 is 0 Å². The van der Waals surface area contributed by atoms with Crippen LogP contribution in [-0.2, 0) is 12.8 Å². The fourth-order valence-electron chi connectivity index (χ4n) is 2.18. The Morgan fingerprint density at radius 2 is 2.04 bits per heavy atom. The van der Waals surface area contributed by atoms with Gasteiger partial charge in [-0.2, -0.15) is 4.98 Å². The Balaban J connectivity index is 0.00000288. The highest BCUT2D eigenvalue weighted by atomic mass is 35.5. The number of hydrogen-bond acceptors (Lipinski definition) is 4. The van der Waals surface area contributed by atoms with Crippen LogP contribution in [0, 0.1) is 5.82 Å². The van der Waals surface area contributed by atoms with Gasteiger partial charge in [0.15, 0.2) is 0 Å². The topological polar surface area (TPSA) is 72.3 Å². The van der Waals surface area contributed by atoms with Gasteiger partial charge >= 0.3 is 5.97 Å². The minimum absolute atomic E-state index is 0. The summed E-state index contributed by atoms with van der Waals surface area (Å²) in [6.07, 6.45) is 0.842. The molecule has 0 aliphatic carbocycles. The molecule has 5 nitrogen and oxygen atoms in total. The first-order chi connectivity index (χ1) is 11.0. The van der Waals surface area contributed by atoms with Gasteiger partial charge in [-0.25, -0.2) is 14.2 Å². The highest BCUT2D eigenvalue weighted by molar-refractivity contribution is 6.31. The number of hydrogen-bond donors (Lipinski definition) is 1. The third kappa shape index (κ3) is 4.55. The quantitative estimate of drug-likeness (QED) is 0.828. The van der Waals surface area contributed by atoms with Crippen molar-refractivity contribution in [3.05, 3.63) is 51.7 Å². The molecule has 1 aromatic carbocycles. The van der Waals surface area contributed by atoms with Crippen molar-refractivity contribution in [3.8, 4) is 5.88 Å². The molecule has 0 atom stereocenters. The number of halogens is 3. The molecule has 0 aliphatic rings. The predicted octanol–water partition coefficient (Wildman–Crippen LogP) is 3.94. The second kappa shape index (κ2) is 8.80. The molecule has 0 bridgehead atoms. The van der Waals surface area contributed by atoms with Crippen LogP contribution in [0.4, 0.5) is 4.39 Å². The average Bonchev–Trinajstić information content (AvgIpc) is 2.51. The van der Waals surface area contributed by atoms with E-state index in [0.29, 0.717) is 36.3 Å². The Bertz CT molecular complexity index is 742. The standard InChI is InChI=1S/C16H16ClFN2O3.ClH/c1-3-13-11(7-9-5-6-10(18)8-12(9)17)15(23-4-2)20-14(19-13)16(21)22;/h5-6,8H,3-4,7H2,1-2H3,(H,21,22);1H. The zero-order chi connectivity index (χ0) is 17.0. The third-order valence-electron chi connectivity index (χ3n) is 3.24. The van der Waals surface area contributed by atoms with Crippen molar-refractivity contribution in [2.75, 3.05) is 6.61 Å². The molecule has 2 rings (SSSR count). The maximum Gasteiger partial charge on any atom is 0.374 e. The number of carbonyl (C=O) groups is 1. The van der Waals surface area contributed by atoms with Crippen LogP contribution in [0.2, 0.25) is 5.02 Å². The fourth-order valence-corrected chi connectivity index (χ4v) is 2.42. The minimum atomic E-state index is -1.22. The first-order valence-corrected chi connectivity index (χ1v) is 7.53. The molecule has 24 heavy (non-hydrogen) atoms. The number of carboxylic acid groups (broad SMARTS) is 1. The van der Waals surface area contributed by atoms with Crippen molar-refractivity contribution in [2.45, 2.75) is 26.7 Å². The molecule has 8 heteroatoms. The summed E-state index contributed by atoms with van der Waals surface area (Å²) in [6, 6.07) is 4.13. The molecule has 0 saturated heterocycles. The van der Waals surface area contributed by atoms with Gasteiger partial charge in [-0.1, -0.05) is 24.6 Å². The van der Waals surface area contributed by atoms with Gasteiger partial charge in [-0.3, -0.25) is 0 Å². The van der Waals surface area contributed by atoms with E-state index in [1.165, 1.54) is 12.1 Å². The van der Waals surface area contributed by atoms with Crippen LogP contribution in [0.1, 0.15) is 41.3 Å². The number of ether oxygens (including phenoxy) is 1. The zero-order valence-corrected chi connectivity index (χ0v) is 14.7. The Kier molecular flexibility index (Phi) is 7.38. The van der Waals surface area contributed by atoms with Gasteiger partial charge in [0, 0.05) is 17.0 Å². The minimum Gasteiger partial charge on any atom is -0.478 e. The van der Waals surface area contributed by atoms with Gasteiger partial charge in [-0.05, 0) is 31.0 Å². The molecular formula is C16H17Cl2FN2O3. The molecule has 1 N–H and O–H groups in total. The van der Waals surface area contributed by atoms with Gasteiger partial charge in [0.05, 0.1) is 12.3 Å². The highest BCUT2D eigenvalue weighted by Gasteiger charge is 2.19. The van der Waals surface area contributed by atoms with Crippen molar-refractivity contribution < 1.29 is 19.0 Å². The lowest BCUT2D eigenvalue weighted by molar-refractivity contribution is 0.0681. The number of aryl methyl sites for hydroxylation is 1. The van der Waals surface area contributed by atoms with Crippen molar-refractivity contribution in [1.29, 1.82) is 0 Å². The molecule has 0 unspecified atom stereocenters. The smallest absolute Gasteiger partial charge is 0.374 e. The van der Waals surface area contributed by atoms with E-state index < -0.39 is 11.8 Å². The van der Waals surface area contributed by atoms with E-state index in [0.717, 1.165) is 0 Å². The molecule has 0 saturated carbocycles. The number of nitrogens with zero attached hydrogens (tertiary/aromatic N) is 2. The normalized spacial score (nSPS) is 10.2. The van der Waals surface area contributed by atoms with E-state index in [1.54, 1.807) is 13.0 Å². The van der Waals surface area contributed by atoms with Crippen LogP contribution in [0.3, 0.4) is 0 Å². The Morgan fingerprint density at radius 1 is 1.33 bits per heavy atom.